The average molecular weight is 339 g/mol. The molecule has 0 bridgehead atoms. The highest BCUT2D eigenvalue weighted by Crippen LogP contribution is 2.13. The van der Waals surface area contributed by atoms with Crippen LogP contribution in [0.25, 0.3) is 0 Å². The topological polar surface area (TPSA) is 20.2 Å². The number of rotatable bonds is 15. The SMILES string of the molecule is CC/C=C/C/C=C/C/C=C/CCCCCCCC(O)CC(C)S. The van der Waals surface area contributed by atoms with Gasteiger partial charge < -0.3 is 5.11 Å². The first-order valence-electron chi connectivity index (χ1n) is 9.48. The van der Waals surface area contributed by atoms with Crippen molar-refractivity contribution in [2.45, 2.75) is 95.8 Å². The van der Waals surface area contributed by atoms with E-state index in [0.29, 0.717) is 5.25 Å². The number of aliphatic hydroxyl groups is 1. The van der Waals surface area contributed by atoms with E-state index < -0.39 is 0 Å². The molecular weight excluding hydrogens is 300 g/mol. The molecular formula is C21H38OS. The molecule has 0 aromatic rings. The van der Waals surface area contributed by atoms with Crippen LogP contribution in [-0.4, -0.2) is 16.5 Å². The maximum Gasteiger partial charge on any atom is 0.0550 e. The number of unbranched alkanes of at least 4 members (excludes halogenated alkanes) is 5. The second-order valence-electron chi connectivity index (χ2n) is 6.38. The van der Waals surface area contributed by atoms with Gasteiger partial charge in [-0.25, -0.2) is 0 Å². The summed E-state index contributed by atoms with van der Waals surface area (Å²) in [6, 6.07) is 0. The Balaban J connectivity index is 3.29. The molecule has 2 atom stereocenters. The van der Waals surface area contributed by atoms with Crippen LogP contribution in [0.3, 0.4) is 0 Å². The Morgan fingerprint density at radius 1 is 0.826 bits per heavy atom. The molecule has 0 rings (SSSR count). The normalized spacial score (nSPS) is 15.1. The van der Waals surface area contributed by atoms with Gasteiger partial charge in [0.15, 0.2) is 0 Å². The van der Waals surface area contributed by atoms with Gasteiger partial charge in [0.05, 0.1) is 6.10 Å². The first-order valence-corrected chi connectivity index (χ1v) is 9.99. The summed E-state index contributed by atoms with van der Waals surface area (Å²) >= 11 is 4.31. The van der Waals surface area contributed by atoms with Crippen LogP contribution in [-0.2, 0) is 0 Å². The monoisotopic (exact) mass is 338 g/mol. The van der Waals surface area contributed by atoms with Gasteiger partial charge >= 0.3 is 0 Å². The van der Waals surface area contributed by atoms with Gasteiger partial charge in [-0.3, -0.25) is 0 Å². The maximum atomic E-state index is 9.76. The fourth-order valence-electron chi connectivity index (χ4n) is 2.51. The zero-order valence-electron chi connectivity index (χ0n) is 15.3. The molecule has 0 saturated heterocycles. The largest absolute Gasteiger partial charge is 0.393 e. The Morgan fingerprint density at radius 2 is 1.39 bits per heavy atom. The highest BCUT2D eigenvalue weighted by atomic mass is 32.1. The molecule has 23 heavy (non-hydrogen) atoms. The van der Waals surface area contributed by atoms with E-state index in [9.17, 15) is 5.11 Å². The fraction of sp³-hybridized carbons (Fsp3) is 0.714. The van der Waals surface area contributed by atoms with E-state index in [1.165, 1.54) is 32.1 Å². The van der Waals surface area contributed by atoms with Crippen LogP contribution in [0.4, 0.5) is 0 Å². The molecule has 0 radical (unpaired) electrons. The molecule has 0 saturated carbocycles. The van der Waals surface area contributed by atoms with Crippen molar-refractivity contribution in [2.75, 3.05) is 0 Å². The van der Waals surface area contributed by atoms with Gasteiger partial charge in [-0.2, -0.15) is 12.6 Å². The van der Waals surface area contributed by atoms with Crippen molar-refractivity contribution in [1.82, 2.24) is 0 Å². The lowest BCUT2D eigenvalue weighted by atomic mass is 10.0. The van der Waals surface area contributed by atoms with Gasteiger partial charge in [0.2, 0.25) is 0 Å². The van der Waals surface area contributed by atoms with Crippen LogP contribution in [0, 0.1) is 0 Å². The number of thiol groups is 1. The second kappa shape index (κ2) is 17.9. The third-order valence-electron chi connectivity index (χ3n) is 3.80. The van der Waals surface area contributed by atoms with Crippen LogP contribution < -0.4 is 0 Å². The molecule has 0 spiro atoms. The first kappa shape index (κ1) is 22.5. The molecule has 0 fully saturated rings. The highest BCUT2D eigenvalue weighted by Gasteiger charge is 2.06. The van der Waals surface area contributed by atoms with Gasteiger partial charge in [0, 0.05) is 5.25 Å². The lowest BCUT2D eigenvalue weighted by Crippen LogP contribution is -2.11. The van der Waals surface area contributed by atoms with Crippen LogP contribution in [0.15, 0.2) is 36.5 Å². The van der Waals surface area contributed by atoms with Crippen molar-refractivity contribution in [3.05, 3.63) is 36.5 Å². The number of hydrogen-bond acceptors (Lipinski definition) is 2. The minimum atomic E-state index is -0.157. The van der Waals surface area contributed by atoms with E-state index in [-0.39, 0.29) is 6.10 Å². The van der Waals surface area contributed by atoms with Crippen molar-refractivity contribution >= 4 is 12.6 Å². The third kappa shape index (κ3) is 19.5. The fourth-order valence-corrected chi connectivity index (χ4v) is 2.75. The summed E-state index contributed by atoms with van der Waals surface area (Å²) in [4.78, 5) is 0. The highest BCUT2D eigenvalue weighted by molar-refractivity contribution is 7.80. The standard InChI is InChI=1S/C21H38OS/c1-3-4-5-6-7-8-9-10-11-12-13-14-15-16-17-18-21(22)19-20(2)23/h4-5,7-8,10-11,20-23H,3,6,9,12-19H2,1-2H3/b5-4+,8-7+,11-10+. The molecule has 0 aromatic carbocycles. The van der Waals surface area contributed by atoms with Crippen molar-refractivity contribution in [3.63, 3.8) is 0 Å². The lowest BCUT2D eigenvalue weighted by Gasteiger charge is -2.11. The quantitative estimate of drug-likeness (QED) is 0.195. The van der Waals surface area contributed by atoms with Crippen LogP contribution >= 0.6 is 12.6 Å². The van der Waals surface area contributed by atoms with Crippen LogP contribution in [0.2, 0.25) is 0 Å². The van der Waals surface area contributed by atoms with E-state index in [1.54, 1.807) is 0 Å². The molecule has 1 nitrogen and oxygen atoms in total. The molecule has 0 aliphatic heterocycles. The summed E-state index contributed by atoms with van der Waals surface area (Å²) in [5, 5.41) is 10.1. The number of aliphatic hydroxyl groups excluding tert-OH is 1. The Bertz CT molecular complexity index is 318. The zero-order chi connectivity index (χ0) is 17.2. The summed E-state index contributed by atoms with van der Waals surface area (Å²) in [6.07, 6.45) is 25.8. The number of allylic oxidation sites excluding steroid dienone is 6. The zero-order valence-corrected chi connectivity index (χ0v) is 16.2. The van der Waals surface area contributed by atoms with Gasteiger partial charge in [-0.05, 0) is 44.9 Å². The minimum absolute atomic E-state index is 0.157. The Labute approximate surface area is 150 Å². The van der Waals surface area contributed by atoms with Crippen molar-refractivity contribution in [1.29, 1.82) is 0 Å². The Hall–Kier alpha value is -0.470. The van der Waals surface area contributed by atoms with E-state index >= 15 is 0 Å². The predicted molar refractivity (Wildman–Crippen MR) is 108 cm³/mol. The van der Waals surface area contributed by atoms with Gasteiger partial charge in [-0.15, -0.1) is 0 Å². The summed E-state index contributed by atoms with van der Waals surface area (Å²) in [6.45, 7) is 4.20. The first-order chi connectivity index (χ1) is 11.2. The Morgan fingerprint density at radius 3 is 2.04 bits per heavy atom. The molecule has 2 heteroatoms. The van der Waals surface area contributed by atoms with Gasteiger partial charge in [0.1, 0.15) is 0 Å². The molecule has 0 heterocycles. The van der Waals surface area contributed by atoms with Crippen molar-refractivity contribution in [3.8, 4) is 0 Å². The smallest absolute Gasteiger partial charge is 0.0550 e. The Kier molecular flexibility index (Phi) is 17.5. The summed E-state index contributed by atoms with van der Waals surface area (Å²) in [5.74, 6) is 0. The third-order valence-corrected chi connectivity index (χ3v) is 4.01. The molecule has 0 amide bonds. The molecule has 1 N–H and O–H groups in total. The van der Waals surface area contributed by atoms with E-state index in [2.05, 4.69) is 56.0 Å². The second-order valence-corrected chi connectivity index (χ2v) is 7.26. The molecule has 134 valence electrons. The van der Waals surface area contributed by atoms with E-state index in [4.69, 9.17) is 0 Å². The van der Waals surface area contributed by atoms with E-state index in [0.717, 1.165) is 38.5 Å². The maximum absolute atomic E-state index is 9.76. The van der Waals surface area contributed by atoms with Crippen molar-refractivity contribution in [2.24, 2.45) is 0 Å². The molecule has 0 aromatic heterocycles. The lowest BCUT2D eigenvalue weighted by molar-refractivity contribution is 0.151. The summed E-state index contributed by atoms with van der Waals surface area (Å²) in [7, 11) is 0. The van der Waals surface area contributed by atoms with Crippen LogP contribution in [0.1, 0.15) is 84.5 Å². The minimum Gasteiger partial charge on any atom is -0.393 e. The van der Waals surface area contributed by atoms with Gasteiger partial charge in [-0.1, -0.05) is 76.0 Å². The van der Waals surface area contributed by atoms with Crippen LogP contribution in [0.5, 0.6) is 0 Å². The average Bonchev–Trinajstić information content (AvgIpc) is 2.50. The molecule has 0 aliphatic rings. The van der Waals surface area contributed by atoms with Gasteiger partial charge in [0.25, 0.3) is 0 Å². The molecule has 0 aliphatic carbocycles. The van der Waals surface area contributed by atoms with Crippen molar-refractivity contribution < 1.29 is 5.11 Å². The van der Waals surface area contributed by atoms with E-state index in [1.807, 2.05) is 6.92 Å². The summed E-state index contributed by atoms with van der Waals surface area (Å²) in [5.41, 5.74) is 0. The molecule has 2 unspecified atom stereocenters. The number of hydrogen-bond donors (Lipinski definition) is 2. The predicted octanol–water partition coefficient (Wildman–Crippen LogP) is 6.65. The summed E-state index contributed by atoms with van der Waals surface area (Å²) < 4.78 is 0.